The van der Waals surface area contributed by atoms with Gasteiger partial charge in [0.15, 0.2) is 5.76 Å². The lowest BCUT2D eigenvalue weighted by Crippen LogP contribution is -2.40. The zero-order valence-electron chi connectivity index (χ0n) is 19.3. The Hall–Kier alpha value is -2.72. The molecule has 0 N–H and O–H groups in total. The summed E-state index contributed by atoms with van der Waals surface area (Å²) in [6.45, 7) is 6.86. The van der Waals surface area contributed by atoms with E-state index in [2.05, 4.69) is 12.1 Å². The Morgan fingerprint density at radius 2 is 1.97 bits per heavy atom. The number of sulfonamides is 1. The molecule has 0 saturated carbocycles. The lowest BCUT2D eigenvalue weighted by molar-refractivity contribution is -0.135. The van der Waals surface area contributed by atoms with Crippen LogP contribution in [-0.4, -0.2) is 67.3 Å². The van der Waals surface area contributed by atoms with Gasteiger partial charge >= 0.3 is 0 Å². The van der Waals surface area contributed by atoms with E-state index in [9.17, 15) is 18.0 Å². The minimum absolute atomic E-state index is 0.0564. The van der Waals surface area contributed by atoms with E-state index >= 15 is 0 Å². The second-order valence-corrected chi connectivity index (χ2v) is 10.5. The molecule has 0 radical (unpaired) electrons. The van der Waals surface area contributed by atoms with Gasteiger partial charge in [-0.3, -0.25) is 9.59 Å². The number of aromatic nitrogens is 1. The molecule has 2 amide bonds. The van der Waals surface area contributed by atoms with Crippen LogP contribution in [0.15, 0.2) is 33.7 Å². The molecule has 2 aliphatic heterocycles. The third-order valence-electron chi connectivity index (χ3n) is 6.44. The number of amides is 2. The standard InChI is InChI=1S/C23H30N4O5S/c1-4-18-7-5-8-20(13-18)27-15-19(14-21(27)28)23(29)25-9-6-10-26(12-11-25)33(30,31)22-16(2)24-32-17(22)3/h5,7-8,13,19H,4,6,9-12,14-15H2,1-3H3. The molecule has 178 valence electrons. The van der Waals surface area contributed by atoms with Crippen molar-refractivity contribution >= 4 is 27.5 Å². The molecule has 1 aromatic carbocycles. The summed E-state index contributed by atoms with van der Waals surface area (Å²) in [5.74, 6) is -0.303. The van der Waals surface area contributed by atoms with Crippen LogP contribution < -0.4 is 4.90 Å². The Morgan fingerprint density at radius 3 is 2.67 bits per heavy atom. The lowest BCUT2D eigenvalue weighted by Gasteiger charge is -2.24. The van der Waals surface area contributed by atoms with E-state index in [1.807, 2.05) is 24.3 Å². The number of aryl methyl sites for hydroxylation is 3. The van der Waals surface area contributed by atoms with E-state index in [1.54, 1.807) is 23.6 Å². The predicted molar refractivity (Wildman–Crippen MR) is 122 cm³/mol. The second-order valence-electron chi connectivity index (χ2n) is 8.67. The van der Waals surface area contributed by atoms with Crippen LogP contribution in [0.3, 0.4) is 0 Å². The topological polar surface area (TPSA) is 104 Å². The van der Waals surface area contributed by atoms with E-state index in [-0.39, 0.29) is 42.0 Å². The maximum absolute atomic E-state index is 13.2. The molecule has 0 bridgehead atoms. The van der Waals surface area contributed by atoms with Gasteiger partial charge in [0.25, 0.3) is 0 Å². The number of carbonyl (C=O) groups is 2. The molecular formula is C23H30N4O5S. The number of anilines is 1. The first-order valence-electron chi connectivity index (χ1n) is 11.3. The normalized spacial score (nSPS) is 20.3. The zero-order valence-corrected chi connectivity index (χ0v) is 20.1. The van der Waals surface area contributed by atoms with E-state index in [0.29, 0.717) is 31.7 Å². The van der Waals surface area contributed by atoms with Crippen molar-refractivity contribution in [2.75, 3.05) is 37.6 Å². The summed E-state index contributed by atoms with van der Waals surface area (Å²) in [5.41, 5.74) is 2.30. The van der Waals surface area contributed by atoms with Crippen molar-refractivity contribution < 1.29 is 22.5 Å². The minimum atomic E-state index is -3.76. The van der Waals surface area contributed by atoms with Gasteiger partial charge in [-0.1, -0.05) is 24.2 Å². The van der Waals surface area contributed by atoms with Crippen LogP contribution in [0.4, 0.5) is 5.69 Å². The molecule has 1 aromatic heterocycles. The maximum atomic E-state index is 13.2. The van der Waals surface area contributed by atoms with Crippen LogP contribution in [0.2, 0.25) is 0 Å². The number of carbonyl (C=O) groups excluding carboxylic acids is 2. The van der Waals surface area contributed by atoms with Gasteiger partial charge < -0.3 is 14.3 Å². The van der Waals surface area contributed by atoms with Crippen molar-refractivity contribution in [1.82, 2.24) is 14.4 Å². The van der Waals surface area contributed by atoms with Gasteiger partial charge in [0.2, 0.25) is 21.8 Å². The first-order valence-corrected chi connectivity index (χ1v) is 12.8. The second kappa shape index (κ2) is 9.26. The van der Waals surface area contributed by atoms with Gasteiger partial charge in [-0.15, -0.1) is 0 Å². The molecule has 0 aliphatic carbocycles. The van der Waals surface area contributed by atoms with Gasteiger partial charge in [-0.05, 0) is 44.4 Å². The summed E-state index contributed by atoms with van der Waals surface area (Å²) in [7, 11) is -3.76. The molecule has 10 heteroatoms. The molecule has 4 rings (SSSR count). The average molecular weight is 475 g/mol. The minimum Gasteiger partial charge on any atom is -0.360 e. The molecule has 2 fully saturated rings. The fraction of sp³-hybridized carbons (Fsp3) is 0.522. The van der Waals surface area contributed by atoms with Crippen LogP contribution in [0, 0.1) is 19.8 Å². The number of rotatable bonds is 5. The summed E-state index contributed by atoms with van der Waals surface area (Å²) in [6, 6.07) is 7.84. The molecule has 9 nitrogen and oxygen atoms in total. The Morgan fingerprint density at radius 1 is 1.18 bits per heavy atom. The lowest BCUT2D eigenvalue weighted by atomic mass is 10.1. The van der Waals surface area contributed by atoms with E-state index in [4.69, 9.17) is 4.52 Å². The van der Waals surface area contributed by atoms with Crippen molar-refractivity contribution in [1.29, 1.82) is 0 Å². The van der Waals surface area contributed by atoms with E-state index < -0.39 is 15.9 Å². The first-order chi connectivity index (χ1) is 15.7. The van der Waals surface area contributed by atoms with Gasteiger partial charge in [0.1, 0.15) is 10.6 Å². The van der Waals surface area contributed by atoms with Crippen molar-refractivity contribution in [3.8, 4) is 0 Å². The highest BCUT2D eigenvalue weighted by Gasteiger charge is 2.39. The predicted octanol–water partition coefficient (Wildman–Crippen LogP) is 2.13. The smallest absolute Gasteiger partial charge is 0.248 e. The van der Waals surface area contributed by atoms with Gasteiger partial charge in [0, 0.05) is 44.8 Å². The Balaban J connectivity index is 1.43. The fourth-order valence-corrected chi connectivity index (χ4v) is 6.41. The number of nitrogens with zero attached hydrogens (tertiary/aromatic N) is 4. The van der Waals surface area contributed by atoms with Crippen molar-refractivity contribution in [2.45, 2.75) is 44.9 Å². The summed E-state index contributed by atoms with van der Waals surface area (Å²) < 4.78 is 32.7. The molecule has 0 spiro atoms. The monoisotopic (exact) mass is 474 g/mol. The van der Waals surface area contributed by atoms with Crippen LogP contribution in [0.1, 0.15) is 36.8 Å². The molecule has 3 heterocycles. The van der Waals surface area contributed by atoms with E-state index in [1.165, 1.54) is 4.31 Å². The fourth-order valence-electron chi connectivity index (χ4n) is 4.65. The molecule has 33 heavy (non-hydrogen) atoms. The molecular weight excluding hydrogens is 444 g/mol. The number of benzene rings is 1. The van der Waals surface area contributed by atoms with Crippen LogP contribution >= 0.6 is 0 Å². The molecule has 2 aromatic rings. The molecule has 1 atom stereocenters. The number of hydrogen-bond donors (Lipinski definition) is 0. The summed E-state index contributed by atoms with van der Waals surface area (Å²) >= 11 is 0. The van der Waals surface area contributed by atoms with E-state index in [0.717, 1.165) is 17.7 Å². The highest BCUT2D eigenvalue weighted by Crippen LogP contribution is 2.28. The van der Waals surface area contributed by atoms with Gasteiger partial charge in [-0.2, -0.15) is 4.31 Å². The summed E-state index contributed by atoms with van der Waals surface area (Å²) in [6.07, 6.45) is 1.57. The van der Waals surface area contributed by atoms with Gasteiger partial charge in [0.05, 0.1) is 5.92 Å². The third-order valence-corrected chi connectivity index (χ3v) is 8.58. The quantitative estimate of drug-likeness (QED) is 0.658. The Kier molecular flexibility index (Phi) is 6.58. The summed E-state index contributed by atoms with van der Waals surface area (Å²) in [5, 5.41) is 3.76. The number of hydrogen-bond acceptors (Lipinski definition) is 6. The average Bonchev–Trinajstić information content (AvgIpc) is 3.23. The molecule has 2 saturated heterocycles. The van der Waals surface area contributed by atoms with Crippen molar-refractivity contribution in [3.63, 3.8) is 0 Å². The largest absolute Gasteiger partial charge is 0.360 e. The van der Waals surface area contributed by atoms with Crippen molar-refractivity contribution in [2.24, 2.45) is 5.92 Å². The first kappa shape index (κ1) is 23.4. The third kappa shape index (κ3) is 4.54. The molecule has 1 unspecified atom stereocenters. The van der Waals surface area contributed by atoms with Crippen molar-refractivity contribution in [3.05, 3.63) is 41.3 Å². The highest BCUT2D eigenvalue weighted by atomic mass is 32.2. The molecule has 2 aliphatic rings. The maximum Gasteiger partial charge on any atom is 0.248 e. The summed E-state index contributed by atoms with van der Waals surface area (Å²) in [4.78, 5) is 29.4. The van der Waals surface area contributed by atoms with Gasteiger partial charge in [-0.25, -0.2) is 8.42 Å². The Labute approximate surface area is 194 Å². The van der Waals surface area contributed by atoms with Crippen LogP contribution in [-0.2, 0) is 26.0 Å². The Bertz CT molecular complexity index is 1140. The SMILES string of the molecule is CCc1cccc(N2CC(C(=O)N3CCCN(S(=O)(=O)c4c(C)noc4C)CC3)CC2=O)c1. The highest BCUT2D eigenvalue weighted by molar-refractivity contribution is 7.89. The zero-order chi connectivity index (χ0) is 23.8. The van der Waals surface area contributed by atoms with Crippen LogP contribution in [0.5, 0.6) is 0 Å². The van der Waals surface area contributed by atoms with Crippen LogP contribution in [0.25, 0.3) is 0 Å².